The van der Waals surface area contributed by atoms with Gasteiger partial charge < -0.3 is 9.32 Å². The van der Waals surface area contributed by atoms with Crippen molar-refractivity contribution in [3.05, 3.63) is 70.6 Å². The highest BCUT2D eigenvalue weighted by Crippen LogP contribution is 2.30. The highest BCUT2D eigenvalue weighted by Gasteiger charge is 2.37. The summed E-state index contributed by atoms with van der Waals surface area (Å²) in [4.78, 5) is 40.8. The van der Waals surface area contributed by atoms with Crippen LogP contribution in [0.15, 0.2) is 52.9 Å². The Bertz CT molecular complexity index is 1170. The molecule has 0 saturated heterocycles. The zero-order valence-electron chi connectivity index (χ0n) is 17.0. The first-order valence-electron chi connectivity index (χ1n) is 10.3. The molecule has 0 radical (unpaired) electrons. The number of benzene rings is 2. The van der Waals surface area contributed by atoms with Crippen molar-refractivity contribution in [2.75, 3.05) is 6.54 Å². The summed E-state index contributed by atoms with van der Waals surface area (Å²) in [5.74, 6) is -0.195. The third-order valence-electron chi connectivity index (χ3n) is 5.60. The minimum absolute atomic E-state index is 0.0360. The maximum absolute atomic E-state index is 13.0. The van der Waals surface area contributed by atoms with Crippen molar-refractivity contribution < 1.29 is 18.8 Å². The molecule has 0 N–H and O–H groups in total. The maximum atomic E-state index is 13.0. The van der Waals surface area contributed by atoms with E-state index in [2.05, 4.69) is 10.2 Å². The van der Waals surface area contributed by atoms with Crippen LogP contribution in [0.4, 0.5) is 0 Å². The van der Waals surface area contributed by atoms with Gasteiger partial charge in [0.25, 0.3) is 11.8 Å². The molecule has 0 spiro atoms. The van der Waals surface area contributed by atoms with Crippen molar-refractivity contribution in [2.24, 2.45) is 0 Å². The Morgan fingerprint density at radius 3 is 2.31 bits per heavy atom. The van der Waals surface area contributed by atoms with Gasteiger partial charge in [-0.1, -0.05) is 23.7 Å². The zero-order chi connectivity index (χ0) is 22.2. The molecular formula is C23H19ClN4O4. The van der Waals surface area contributed by atoms with E-state index in [0.29, 0.717) is 27.9 Å². The van der Waals surface area contributed by atoms with Gasteiger partial charge in [-0.05, 0) is 49.2 Å². The number of fused-ring (bicyclic) bond motifs is 1. The van der Waals surface area contributed by atoms with E-state index in [1.807, 2.05) is 0 Å². The average molecular weight is 451 g/mol. The summed E-state index contributed by atoms with van der Waals surface area (Å²) in [6.45, 7) is 0.223. The molecule has 1 aliphatic carbocycles. The first kappa shape index (κ1) is 20.4. The van der Waals surface area contributed by atoms with Crippen LogP contribution in [0.25, 0.3) is 11.5 Å². The van der Waals surface area contributed by atoms with Crippen molar-refractivity contribution in [1.82, 2.24) is 20.0 Å². The topological polar surface area (TPSA) is 96.6 Å². The SMILES string of the molecule is O=C1c2ccccc2C(=O)N1CCC(=O)N(Cc1nnc(-c2ccc(Cl)cc2)o1)C1CC1. The Hall–Kier alpha value is -3.52. The zero-order valence-corrected chi connectivity index (χ0v) is 17.8. The Labute approximate surface area is 188 Å². The minimum atomic E-state index is -0.360. The van der Waals surface area contributed by atoms with Crippen molar-refractivity contribution >= 4 is 29.3 Å². The quantitative estimate of drug-likeness (QED) is 0.510. The van der Waals surface area contributed by atoms with Crippen molar-refractivity contribution in [1.29, 1.82) is 0 Å². The Kier molecular flexibility index (Phi) is 5.22. The van der Waals surface area contributed by atoms with Crippen LogP contribution < -0.4 is 0 Å². The van der Waals surface area contributed by atoms with Gasteiger partial charge in [0.1, 0.15) is 0 Å². The number of hydrogen-bond acceptors (Lipinski definition) is 6. The molecule has 162 valence electrons. The molecule has 8 nitrogen and oxygen atoms in total. The van der Waals surface area contributed by atoms with E-state index >= 15 is 0 Å². The smallest absolute Gasteiger partial charge is 0.261 e. The molecule has 32 heavy (non-hydrogen) atoms. The molecule has 1 saturated carbocycles. The van der Waals surface area contributed by atoms with Gasteiger partial charge in [0.2, 0.25) is 17.7 Å². The first-order chi connectivity index (χ1) is 15.5. The first-order valence-corrected chi connectivity index (χ1v) is 10.7. The summed E-state index contributed by atoms with van der Waals surface area (Å²) >= 11 is 5.91. The lowest BCUT2D eigenvalue weighted by Crippen LogP contribution is -2.37. The summed E-state index contributed by atoms with van der Waals surface area (Å²) in [5, 5.41) is 8.75. The van der Waals surface area contributed by atoms with E-state index in [1.54, 1.807) is 53.4 Å². The Morgan fingerprint density at radius 1 is 1.03 bits per heavy atom. The van der Waals surface area contributed by atoms with Crippen molar-refractivity contribution in [3.63, 3.8) is 0 Å². The van der Waals surface area contributed by atoms with Gasteiger partial charge in [-0.2, -0.15) is 0 Å². The van der Waals surface area contributed by atoms with E-state index in [0.717, 1.165) is 23.3 Å². The molecule has 0 unspecified atom stereocenters. The highest BCUT2D eigenvalue weighted by molar-refractivity contribution is 6.30. The van der Waals surface area contributed by atoms with Crippen molar-refractivity contribution in [3.8, 4) is 11.5 Å². The molecule has 1 aromatic heterocycles. The number of nitrogens with zero attached hydrogens (tertiary/aromatic N) is 4. The van der Waals surface area contributed by atoms with E-state index < -0.39 is 0 Å². The second kappa shape index (κ2) is 8.20. The number of rotatable bonds is 7. The summed E-state index contributed by atoms with van der Waals surface area (Å²) in [6.07, 6.45) is 1.84. The van der Waals surface area contributed by atoms with Gasteiger partial charge >= 0.3 is 0 Å². The summed E-state index contributed by atoms with van der Waals surface area (Å²) in [5.41, 5.74) is 1.50. The molecule has 0 atom stereocenters. The van der Waals surface area contributed by atoms with Gasteiger partial charge in [-0.3, -0.25) is 19.3 Å². The molecule has 2 aliphatic rings. The van der Waals surface area contributed by atoms with Gasteiger partial charge in [0, 0.05) is 29.6 Å². The molecule has 1 fully saturated rings. The van der Waals surface area contributed by atoms with Crippen LogP contribution >= 0.6 is 11.6 Å². The highest BCUT2D eigenvalue weighted by atomic mass is 35.5. The fourth-order valence-electron chi connectivity index (χ4n) is 3.77. The molecule has 0 bridgehead atoms. The van der Waals surface area contributed by atoms with Crippen LogP contribution in [-0.2, 0) is 11.3 Å². The van der Waals surface area contributed by atoms with Crippen LogP contribution in [0, 0.1) is 0 Å². The predicted octanol–water partition coefficient (Wildman–Crippen LogP) is 3.57. The second-order valence-corrected chi connectivity index (χ2v) is 8.25. The predicted molar refractivity (Wildman–Crippen MR) is 115 cm³/mol. The molecule has 9 heteroatoms. The van der Waals surface area contributed by atoms with Crippen LogP contribution in [-0.4, -0.2) is 50.3 Å². The summed E-state index contributed by atoms with van der Waals surface area (Å²) in [7, 11) is 0. The fourth-order valence-corrected chi connectivity index (χ4v) is 3.90. The monoisotopic (exact) mass is 450 g/mol. The Balaban J connectivity index is 1.24. The number of hydrogen-bond donors (Lipinski definition) is 0. The Morgan fingerprint density at radius 2 is 1.69 bits per heavy atom. The number of carbonyl (C=O) groups is 3. The van der Waals surface area contributed by atoms with Gasteiger partial charge in [-0.25, -0.2) is 0 Å². The van der Waals surface area contributed by atoms with Crippen LogP contribution in [0.3, 0.4) is 0 Å². The van der Waals surface area contributed by atoms with Crippen molar-refractivity contribution in [2.45, 2.75) is 31.8 Å². The number of halogens is 1. The van der Waals surface area contributed by atoms with Gasteiger partial charge in [0.05, 0.1) is 17.7 Å². The van der Waals surface area contributed by atoms with Gasteiger partial charge in [-0.15, -0.1) is 10.2 Å². The van der Waals surface area contributed by atoms with Crippen LogP contribution in [0.1, 0.15) is 45.9 Å². The fraction of sp³-hybridized carbons (Fsp3) is 0.261. The number of amides is 3. The molecule has 3 aromatic rings. The molecular weight excluding hydrogens is 432 g/mol. The normalized spacial score (nSPS) is 15.2. The molecule has 1 aliphatic heterocycles. The molecule has 3 amide bonds. The van der Waals surface area contributed by atoms with Gasteiger partial charge in [0.15, 0.2) is 0 Å². The molecule has 2 aromatic carbocycles. The van der Waals surface area contributed by atoms with E-state index in [-0.39, 0.29) is 43.3 Å². The van der Waals surface area contributed by atoms with E-state index in [4.69, 9.17) is 16.0 Å². The lowest BCUT2D eigenvalue weighted by Gasteiger charge is -2.22. The summed E-state index contributed by atoms with van der Waals surface area (Å²) < 4.78 is 5.74. The second-order valence-electron chi connectivity index (χ2n) is 7.82. The third-order valence-corrected chi connectivity index (χ3v) is 5.85. The minimum Gasteiger partial charge on any atom is -0.419 e. The maximum Gasteiger partial charge on any atom is 0.261 e. The lowest BCUT2D eigenvalue weighted by atomic mass is 10.1. The van der Waals surface area contributed by atoms with Crippen LogP contribution in [0.2, 0.25) is 5.02 Å². The number of carbonyl (C=O) groups excluding carboxylic acids is 3. The standard InChI is InChI=1S/C23H19ClN4O4/c24-15-7-5-14(6-8-15)21-26-25-19(32-21)13-28(16-9-10-16)20(29)11-12-27-22(30)17-3-1-2-4-18(17)23(27)31/h1-8,16H,9-13H2. The van der Waals surface area contributed by atoms with E-state index in [9.17, 15) is 14.4 Å². The lowest BCUT2D eigenvalue weighted by molar-refractivity contribution is -0.132. The largest absolute Gasteiger partial charge is 0.419 e. The molecule has 2 heterocycles. The van der Waals surface area contributed by atoms with Crippen LogP contribution in [0.5, 0.6) is 0 Å². The summed E-state index contributed by atoms with van der Waals surface area (Å²) in [6, 6.07) is 13.8. The average Bonchev–Trinajstić information content (AvgIpc) is 3.49. The number of aromatic nitrogens is 2. The molecule has 5 rings (SSSR count). The van der Waals surface area contributed by atoms with E-state index in [1.165, 1.54) is 0 Å². The third kappa shape index (κ3) is 3.89. The number of imide groups is 1.